The van der Waals surface area contributed by atoms with E-state index in [0.29, 0.717) is 0 Å². The number of amidine groups is 1. The van der Waals surface area contributed by atoms with Crippen molar-refractivity contribution in [3.8, 4) is 0 Å². The maximum absolute atomic E-state index is 12.3. The van der Waals surface area contributed by atoms with Crippen LogP contribution < -0.4 is 5.73 Å². The molecule has 1 aliphatic heterocycles. The lowest BCUT2D eigenvalue weighted by molar-refractivity contribution is -0.136. The summed E-state index contributed by atoms with van der Waals surface area (Å²) in [6, 6.07) is 0. The predicted molar refractivity (Wildman–Crippen MR) is 64.7 cm³/mol. The van der Waals surface area contributed by atoms with Gasteiger partial charge in [-0.3, -0.25) is 4.79 Å². The summed E-state index contributed by atoms with van der Waals surface area (Å²) in [5, 5.41) is 11.7. The largest absolute Gasteiger partial charge is 0.409 e. The van der Waals surface area contributed by atoms with E-state index in [9.17, 15) is 4.79 Å². The maximum atomic E-state index is 12.3. The fourth-order valence-electron chi connectivity index (χ4n) is 2.65. The van der Waals surface area contributed by atoms with Crippen molar-refractivity contribution in [2.24, 2.45) is 22.2 Å². The molecule has 1 saturated carbocycles. The summed E-state index contributed by atoms with van der Waals surface area (Å²) >= 11 is 0. The molecule has 1 saturated heterocycles. The van der Waals surface area contributed by atoms with Gasteiger partial charge in [-0.1, -0.05) is 18.5 Å². The number of likely N-dealkylation sites (tertiary alicyclic amines) is 1. The first-order valence-electron chi connectivity index (χ1n) is 6.41. The Morgan fingerprint density at radius 3 is 2.47 bits per heavy atom. The molecule has 2 rings (SSSR count). The lowest BCUT2D eigenvalue weighted by Gasteiger charge is -2.33. The number of hydrogen-bond acceptors (Lipinski definition) is 3. The van der Waals surface area contributed by atoms with Gasteiger partial charge in [0.05, 0.1) is 0 Å². The second kappa shape index (κ2) is 4.55. The second-order valence-corrected chi connectivity index (χ2v) is 5.21. The summed E-state index contributed by atoms with van der Waals surface area (Å²) < 4.78 is 0. The van der Waals surface area contributed by atoms with Crippen LogP contribution in [-0.4, -0.2) is 34.9 Å². The van der Waals surface area contributed by atoms with Gasteiger partial charge in [0.2, 0.25) is 5.91 Å². The van der Waals surface area contributed by atoms with E-state index >= 15 is 0 Å². The Bertz CT molecular complexity index is 329. The average Bonchev–Trinajstić information content (AvgIpc) is 3.18. The number of rotatable bonds is 3. The molecule has 2 aliphatic rings. The summed E-state index contributed by atoms with van der Waals surface area (Å²) in [6.45, 7) is 3.83. The molecule has 0 aromatic carbocycles. The first-order chi connectivity index (χ1) is 8.14. The van der Waals surface area contributed by atoms with E-state index in [1.807, 2.05) is 4.90 Å². The van der Waals surface area contributed by atoms with Crippen LogP contribution in [-0.2, 0) is 4.79 Å². The Labute approximate surface area is 102 Å². The quantitative estimate of drug-likeness (QED) is 0.336. The molecule has 0 radical (unpaired) electrons. The highest BCUT2D eigenvalue weighted by molar-refractivity contribution is 6.09. The fraction of sp³-hybridized carbons (Fsp3) is 0.833. The van der Waals surface area contributed by atoms with Crippen molar-refractivity contribution in [3.05, 3.63) is 0 Å². The van der Waals surface area contributed by atoms with Gasteiger partial charge in [-0.25, -0.2) is 0 Å². The molecule has 0 unspecified atom stereocenters. The molecule has 3 N–H and O–H groups in total. The van der Waals surface area contributed by atoms with Crippen molar-refractivity contribution < 1.29 is 10.0 Å². The Hall–Kier alpha value is -1.26. The zero-order valence-electron chi connectivity index (χ0n) is 10.4. The zero-order chi connectivity index (χ0) is 12.5. The highest BCUT2D eigenvalue weighted by Gasteiger charge is 2.55. The van der Waals surface area contributed by atoms with Crippen molar-refractivity contribution in [2.75, 3.05) is 13.1 Å². The minimum atomic E-state index is -0.673. The maximum Gasteiger partial charge on any atom is 0.236 e. The van der Waals surface area contributed by atoms with Crippen molar-refractivity contribution in [1.82, 2.24) is 4.90 Å². The third-order valence-electron chi connectivity index (χ3n) is 4.24. The third-order valence-corrected chi connectivity index (χ3v) is 4.24. The normalized spacial score (nSPS) is 24.8. The number of carbonyl (C=O) groups excluding carboxylic acids is 1. The highest BCUT2D eigenvalue weighted by atomic mass is 16.4. The molecule has 5 heteroatoms. The molecular weight excluding hydrogens is 218 g/mol. The summed E-state index contributed by atoms with van der Waals surface area (Å²) in [6.07, 6.45) is 4.78. The van der Waals surface area contributed by atoms with Crippen LogP contribution in [0, 0.1) is 11.3 Å². The molecule has 0 spiro atoms. The van der Waals surface area contributed by atoms with Gasteiger partial charge < -0.3 is 15.8 Å². The van der Waals surface area contributed by atoms with Gasteiger partial charge in [-0.05, 0) is 31.6 Å². The Kier molecular flexibility index (Phi) is 3.26. The molecule has 1 heterocycles. The Balaban J connectivity index is 1.98. The average molecular weight is 239 g/mol. The van der Waals surface area contributed by atoms with Gasteiger partial charge in [-0.2, -0.15) is 0 Å². The first-order valence-corrected chi connectivity index (χ1v) is 6.41. The SMILES string of the molecule is CCC1CCN(C(=O)C2(C(N)=NO)CC2)CC1. The van der Waals surface area contributed by atoms with Crippen LogP contribution in [0.1, 0.15) is 39.0 Å². The van der Waals surface area contributed by atoms with E-state index in [0.717, 1.165) is 44.7 Å². The second-order valence-electron chi connectivity index (χ2n) is 5.21. The zero-order valence-corrected chi connectivity index (χ0v) is 10.4. The Morgan fingerprint density at radius 2 is 2.06 bits per heavy atom. The lowest BCUT2D eigenvalue weighted by Crippen LogP contribution is -2.46. The van der Waals surface area contributed by atoms with Crippen LogP contribution in [0.5, 0.6) is 0 Å². The van der Waals surface area contributed by atoms with Crippen molar-refractivity contribution in [2.45, 2.75) is 39.0 Å². The molecule has 1 aliphatic carbocycles. The third kappa shape index (κ3) is 2.10. The number of oxime groups is 1. The monoisotopic (exact) mass is 239 g/mol. The molecule has 1 amide bonds. The van der Waals surface area contributed by atoms with Crippen LogP contribution in [0.3, 0.4) is 0 Å². The number of nitrogens with zero attached hydrogens (tertiary/aromatic N) is 2. The minimum absolute atomic E-state index is 0.0577. The molecule has 0 aromatic heterocycles. The summed E-state index contributed by atoms with van der Waals surface area (Å²) in [4.78, 5) is 14.2. The van der Waals surface area contributed by atoms with Crippen LogP contribution in [0.15, 0.2) is 5.16 Å². The molecule has 96 valence electrons. The van der Waals surface area contributed by atoms with Gasteiger partial charge in [0.15, 0.2) is 5.84 Å². The van der Waals surface area contributed by atoms with E-state index in [1.165, 1.54) is 6.42 Å². The topological polar surface area (TPSA) is 78.9 Å². The predicted octanol–water partition coefficient (Wildman–Crippen LogP) is 1.16. The number of carbonyl (C=O) groups is 1. The fourth-order valence-corrected chi connectivity index (χ4v) is 2.65. The molecule has 17 heavy (non-hydrogen) atoms. The molecule has 2 fully saturated rings. The van der Waals surface area contributed by atoms with E-state index in [-0.39, 0.29) is 11.7 Å². The Morgan fingerprint density at radius 1 is 1.47 bits per heavy atom. The summed E-state index contributed by atoms with van der Waals surface area (Å²) in [5.74, 6) is 0.889. The smallest absolute Gasteiger partial charge is 0.236 e. The lowest BCUT2D eigenvalue weighted by atomic mass is 9.93. The van der Waals surface area contributed by atoms with E-state index in [4.69, 9.17) is 10.9 Å². The number of piperidine rings is 1. The molecule has 5 nitrogen and oxygen atoms in total. The van der Waals surface area contributed by atoms with Crippen LogP contribution in [0.2, 0.25) is 0 Å². The molecule has 0 bridgehead atoms. The molecular formula is C12H21N3O2. The number of nitrogens with two attached hydrogens (primary N) is 1. The van der Waals surface area contributed by atoms with Gasteiger partial charge >= 0.3 is 0 Å². The van der Waals surface area contributed by atoms with Gasteiger partial charge in [0, 0.05) is 13.1 Å². The van der Waals surface area contributed by atoms with Crippen molar-refractivity contribution in [3.63, 3.8) is 0 Å². The van der Waals surface area contributed by atoms with E-state index in [2.05, 4.69) is 12.1 Å². The van der Waals surface area contributed by atoms with Gasteiger partial charge in [0.1, 0.15) is 5.41 Å². The highest BCUT2D eigenvalue weighted by Crippen LogP contribution is 2.47. The minimum Gasteiger partial charge on any atom is -0.409 e. The molecule has 0 atom stereocenters. The van der Waals surface area contributed by atoms with Crippen molar-refractivity contribution >= 4 is 11.7 Å². The summed E-state index contributed by atoms with van der Waals surface area (Å²) in [7, 11) is 0. The van der Waals surface area contributed by atoms with E-state index < -0.39 is 5.41 Å². The van der Waals surface area contributed by atoms with Crippen LogP contribution >= 0.6 is 0 Å². The number of hydrogen-bond donors (Lipinski definition) is 2. The standard InChI is InChI=1S/C12H21N3O2/c1-2-9-3-7-15(8-4-9)11(16)12(5-6-12)10(13)14-17/h9,17H,2-8H2,1H3,(H2,13,14). The van der Waals surface area contributed by atoms with Crippen LogP contribution in [0.25, 0.3) is 0 Å². The molecule has 0 aromatic rings. The first kappa shape index (κ1) is 12.2. The van der Waals surface area contributed by atoms with Crippen molar-refractivity contribution in [1.29, 1.82) is 0 Å². The van der Waals surface area contributed by atoms with E-state index in [1.54, 1.807) is 0 Å². The summed E-state index contributed by atoms with van der Waals surface area (Å²) in [5.41, 5.74) is 4.95. The number of amides is 1. The van der Waals surface area contributed by atoms with Crippen LogP contribution in [0.4, 0.5) is 0 Å². The van der Waals surface area contributed by atoms with Gasteiger partial charge in [0.25, 0.3) is 0 Å². The van der Waals surface area contributed by atoms with Gasteiger partial charge in [-0.15, -0.1) is 0 Å².